The van der Waals surface area contributed by atoms with Crippen LogP contribution in [0.2, 0.25) is 0 Å². The van der Waals surface area contributed by atoms with E-state index in [1.165, 1.54) is 0 Å². The molecule has 0 bridgehead atoms. The first-order valence-corrected chi connectivity index (χ1v) is 5.55. The summed E-state index contributed by atoms with van der Waals surface area (Å²) >= 11 is 0. The highest BCUT2D eigenvalue weighted by Gasteiger charge is 2.06. The molecular weight excluding hydrogens is 216 g/mol. The number of hydrogen-bond donors (Lipinski definition) is 2. The zero-order valence-electron chi connectivity index (χ0n) is 9.99. The number of pyridine rings is 1. The monoisotopic (exact) mass is 232 g/mol. The van der Waals surface area contributed by atoms with Gasteiger partial charge in [0.05, 0.1) is 7.11 Å². The smallest absolute Gasteiger partial charge is 0.251 e. The second-order valence-electron chi connectivity index (χ2n) is 4.26. The van der Waals surface area contributed by atoms with Gasteiger partial charge in [-0.2, -0.15) is 0 Å². The molecule has 2 aromatic rings. The van der Waals surface area contributed by atoms with Crippen LogP contribution in [0.25, 0.3) is 10.9 Å². The summed E-state index contributed by atoms with van der Waals surface area (Å²) in [5.41, 5.74) is 7.17. The van der Waals surface area contributed by atoms with Gasteiger partial charge >= 0.3 is 0 Å². The summed E-state index contributed by atoms with van der Waals surface area (Å²) in [6, 6.07) is 7.41. The Labute approximate surface area is 99.4 Å². The summed E-state index contributed by atoms with van der Waals surface area (Å²) in [5, 5.41) is 0.958. The molecule has 1 aromatic carbocycles. The Kier molecular flexibility index (Phi) is 3.15. The standard InChI is InChI=1S/C13H16N2O2/c1-8(14)5-10-6-9-7-11(17-2)3-4-12(9)15-13(10)16/h3-4,6-8H,5,14H2,1-2H3,(H,15,16). The Balaban J connectivity index is 2.56. The van der Waals surface area contributed by atoms with Crippen LogP contribution in [-0.4, -0.2) is 18.1 Å². The van der Waals surface area contributed by atoms with Gasteiger partial charge in [-0.05, 0) is 37.6 Å². The highest BCUT2D eigenvalue weighted by atomic mass is 16.5. The third-order valence-electron chi connectivity index (χ3n) is 2.67. The van der Waals surface area contributed by atoms with Gasteiger partial charge in [-0.1, -0.05) is 0 Å². The summed E-state index contributed by atoms with van der Waals surface area (Å²) in [6.45, 7) is 1.88. The molecule has 0 amide bonds. The molecule has 0 fully saturated rings. The zero-order valence-corrected chi connectivity index (χ0v) is 9.99. The highest BCUT2D eigenvalue weighted by molar-refractivity contribution is 5.80. The molecule has 3 N–H and O–H groups in total. The Hall–Kier alpha value is -1.81. The molecule has 1 aromatic heterocycles. The fourth-order valence-electron chi connectivity index (χ4n) is 1.86. The first kappa shape index (κ1) is 11.7. The number of methoxy groups -OCH3 is 1. The Morgan fingerprint density at radius 2 is 2.18 bits per heavy atom. The van der Waals surface area contributed by atoms with E-state index in [1.54, 1.807) is 7.11 Å². The van der Waals surface area contributed by atoms with Gasteiger partial charge in [-0.25, -0.2) is 0 Å². The molecule has 4 heteroatoms. The molecule has 1 heterocycles. The van der Waals surface area contributed by atoms with E-state index in [0.717, 1.165) is 16.7 Å². The molecule has 0 aliphatic rings. The van der Waals surface area contributed by atoms with Crippen molar-refractivity contribution in [2.24, 2.45) is 5.73 Å². The molecular formula is C13H16N2O2. The van der Waals surface area contributed by atoms with Gasteiger partial charge in [-0.15, -0.1) is 0 Å². The van der Waals surface area contributed by atoms with E-state index in [0.29, 0.717) is 12.0 Å². The fraction of sp³-hybridized carbons (Fsp3) is 0.308. The molecule has 1 atom stereocenters. The number of rotatable bonds is 3. The lowest BCUT2D eigenvalue weighted by Crippen LogP contribution is -2.23. The lowest BCUT2D eigenvalue weighted by molar-refractivity contribution is 0.415. The quantitative estimate of drug-likeness (QED) is 0.841. The van der Waals surface area contributed by atoms with Crippen LogP contribution in [-0.2, 0) is 6.42 Å². The maximum Gasteiger partial charge on any atom is 0.251 e. The number of aromatic amines is 1. The average Bonchev–Trinajstić information content (AvgIpc) is 2.29. The van der Waals surface area contributed by atoms with Crippen molar-refractivity contribution in [2.45, 2.75) is 19.4 Å². The molecule has 17 heavy (non-hydrogen) atoms. The van der Waals surface area contributed by atoms with Crippen LogP contribution in [0.1, 0.15) is 12.5 Å². The van der Waals surface area contributed by atoms with Crippen LogP contribution < -0.4 is 16.0 Å². The SMILES string of the molecule is COc1ccc2[nH]c(=O)c(CC(C)N)cc2c1. The van der Waals surface area contributed by atoms with Gasteiger partial charge in [0, 0.05) is 22.5 Å². The summed E-state index contributed by atoms with van der Waals surface area (Å²) in [4.78, 5) is 14.6. The van der Waals surface area contributed by atoms with Crippen molar-refractivity contribution in [3.63, 3.8) is 0 Å². The Bertz CT molecular complexity index is 587. The van der Waals surface area contributed by atoms with Gasteiger partial charge in [-0.3, -0.25) is 4.79 Å². The van der Waals surface area contributed by atoms with Crippen LogP contribution in [0, 0.1) is 0 Å². The third-order valence-corrected chi connectivity index (χ3v) is 2.67. The second-order valence-corrected chi connectivity index (χ2v) is 4.26. The van der Waals surface area contributed by atoms with Crippen LogP contribution in [0.3, 0.4) is 0 Å². The molecule has 0 saturated heterocycles. The number of nitrogens with one attached hydrogen (secondary N) is 1. The largest absolute Gasteiger partial charge is 0.497 e. The van der Waals surface area contributed by atoms with Crippen molar-refractivity contribution < 1.29 is 4.74 Å². The van der Waals surface area contributed by atoms with E-state index in [4.69, 9.17) is 10.5 Å². The number of ether oxygens (including phenoxy) is 1. The van der Waals surface area contributed by atoms with E-state index in [-0.39, 0.29) is 11.6 Å². The minimum atomic E-state index is -0.0695. The number of benzene rings is 1. The van der Waals surface area contributed by atoms with E-state index in [1.807, 2.05) is 31.2 Å². The number of nitrogens with two attached hydrogens (primary N) is 1. The molecule has 90 valence electrons. The molecule has 4 nitrogen and oxygen atoms in total. The number of fused-ring (bicyclic) bond motifs is 1. The normalized spacial score (nSPS) is 12.6. The van der Waals surface area contributed by atoms with Crippen LogP contribution in [0.15, 0.2) is 29.1 Å². The van der Waals surface area contributed by atoms with Crippen LogP contribution in [0.5, 0.6) is 5.75 Å². The fourth-order valence-corrected chi connectivity index (χ4v) is 1.86. The highest BCUT2D eigenvalue weighted by Crippen LogP contribution is 2.18. The molecule has 2 rings (SSSR count). The van der Waals surface area contributed by atoms with Gasteiger partial charge in [0.25, 0.3) is 5.56 Å². The van der Waals surface area contributed by atoms with Crippen LogP contribution in [0.4, 0.5) is 0 Å². The first-order valence-electron chi connectivity index (χ1n) is 5.55. The molecule has 0 aliphatic heterocycles. The van der Waals surface area contributed by atoms with Gasteiger partial charge in [0.2, 0.25) is 0 Å². The average molecular weight is 232 g/mol. The van der Waals surface area contributed by atoms with Crippen molar-refractivity contribution in [3.8, 4) is 5.75 Å². The predicted octanol–water partition coefficient (Wildman–Crippen LogP) is 1.43. The first-order chi connectivity index (χ1) is 8.10. The number of aromatic nitrogens is 1. The molecule has 0 radical (unpaired) electrons. The van der Waals surface area contributed by atoms with Gasteiger partial charge in [0.15, 0.2) is 0 Å². The summed E-state index contributed by atoms with van der Waals surface area (Å²) in [7, 11) is 1.62. The molecule has 1 unspecified atom stereocenters. The second kappa shape index (κ2) is 4.59. The third kappa shape index (κ3) is 2.47. The number of H-pyrrole nitrogens is 1. The van der Waals surface area contributed by atoms with Crippen molar-refractivity contribution in [1.29, 1.82) is 0 Å². The minimum Gasteiger partial charge on any atom is -0.497 e. The van der Waals surface area contributed by atoms with Crippen molar-refractivity contribution >= 4 is 10.9 Å². The van der Waals surface area contributed by atoms with E-state index in [2.05, 4.69) is 4.98 Å². The number of hydrogen-bond acceptors (Lipinski definition) is 3. The maximum absolute atomic E-state index is 11.8. The van der Waals surface area contributed by atoms with E-state index >= 15 is 0 Å². The topological polar surface area (TPSA) is 68.1 Å². The lowest BCUT2D eigenvalue weighted by atomic mass is 10.1. The Morgan fingerprint density at radius 3 is 2.82 bits per heavy atom. The molecule has 0 aliphatic carbocycles. The summed E-state index contributed by atoms with van der Waals surface area (Å²) < 4.78 is 5.16. The predicted molar refractivity (Wildman–Crippen MR) is 68.5 cm³/mol. The lowest BCUT2D eigenvalue weighted by Gasteiger charge is -2.07. The van der Waals surface area contributed by atoms with Crippen LogP contribution >= 0.6 is 0 Å². The summed E-state index contributed by atoms with van der Waals surface area (Å²) in [6.07, 6.45) is 0.572. The van der Waals surface area contributed by atoms with Crippen molar-refractivity contribution in [1.82, 2.24) is 4.98 Å². The van der Waals surface area contributed by atoms with Gasteiger partial charge < -0.3 is 15.5 Å². The molecule has 0 spiro atoms. The van der Waals surface area contributed by atoms with Gasteiger partial charge in [0.1, 0.15) is 5.75 Å². The van der Waals surface area contributed by atoms with E-state index in [9.17, 15) is 4.79 Å². The minimum absolute atomic E-state index is 0.0286. The zero-order chi connectivity index (χ0) is 12.4. The summed E-state index contributed by atoms with van der Waals surface area (Å²) in [5.74, 6) is 0.774. The van der Waals surface area contributed by atoms with Crippen molar-refractivity contribution in [2.75, 3.05) is 7.11 Å². The van der Waals surface area contributed by atoms with E-state index < -0.39 is 0 Å². The van der Waals surface area contributed by atoms with Crippen molar-refractivity contribution in [3.05, 3.63) is 40.2 Å². The molecule has 0 saturated carbocycles. The Morgan fingerprint density at radius 1 is 1.41 bits per heavy atom. The maximum atomic E-state index is 11.8.